The normalized spacial score (nSPS) is 17.8. The van der Waals surface area contributed by atoms with E-state index in [1.807, 2.05) is 62.6 Å². The lowest BCUT2D eigenvalue weighted by molar-refractivity contribution is -0.155. The third kappa shape index (κ3) is 11.3. The second-order valence-electron chi connectivity index (χ2n) is 19.0. The number of aliphatic imine (C=N–C) groups is 2. The number of hydrazine groups is 1. The van der Waals surface area contributed by atoms with Gasteiger partial charge >= 0.3 is 5.97 Å². The number of likely N-dealkylation sites (N-methyl/N-ethyl adjacent to an activating group) is 1. The molecule has 5 aromatic rings. The Bertz CT molecular complexity index is 2700. The number of esters is 1. The number of ether oxygens (including phenoxy) is 2. The highest BCUT2D eigenvalue weighted by atomic mass is 16.5. The number of rotatable bonds is 13. The van der Waals surface area contributed by atoms with Gasteiger partial charge in [-0.1, -0.05) is 83.1 Å². The van der Waals surface area contributed by atoms with Crippen molar-refractivity contribution in [2.75, 3.05) is 33.9 Å². The molecule has 6 bridgehead atoms. The number of hydrogen-bond acceptors (Lipinski definition) is 10. The SMILES string of the molecule is CCc1ccncc1-c1c2c3cc(ccc3n1CC)-c1cccc(c1)C[C@H](NC(=O)[C@H](C(C)C)N(C)C(=O)CCN=C=Nc1ccccc1COC)C(=O)N1CCC[C@H](N1)C(=O)OCC(C)(C)C2. The number of cyclic esters (lactones) is 1. The number of para-hydroxylation sites is 1. The van der Waals surface area contributed by atoms with Crippen molar-refractivity contribution >= 4 is 46.3 Å². The molecule has 3 amide bonds. The van der Waals surface area contributed by atoms with Gasteiger partial charge in [-0.05, 0) is 90.6 Å². The maximum Gasteiger partial charge on any atom is 0.324 e. The Hall–Kier alpha value is -6.47. The largest absolute Gasteiger partial charge is 0.464 e. The number of pyridine rings is 1. The van der Waals surface area contributed by atoms with Crippen molar-refractivity contribution in [2.45, 2.75) is 111 Å². The van der Waals surface area contributed by atoms with Gasteiger partial charge in [-0.25, -0.2) is 10.4 Å². The van der Waals surface area contributed by atoms with Crippen LogP contribution in [0.3, 0.4) is 0 Å². The van der Waals surface area contributed by atoms with Crippen molar-refractivity contribution in [3.05, 3.63) is 107 Å². The van der Waals surface area contributed by atoms with Gasteiger partial charge in [0.15, 0.2) is 0 Å². The fraction of sp³-hybridized carbons (Fsp3) is 0.444. The molecule has 4 heterocycles. The summed E-state index contributed by atoms with van der Waals surface area (Å²) in [6, 6.07) is 24.3. The second kappa shape index (κ2) is 22.1. The Labute approximate surface area is 400 Å². The number of carbonyl (C=O) groups excluding carboxylic acids is 4. The molecule has 1 saturated heterocycles. The molecule has 2 N–H and O–H groups in total. The van der Waals surface area contributed by atoms with Crippen molar-refractivity contribution in [3.8, 4) is 22.4 Å². The summed E-state index contributed by atoms with van der Waals surface area (Å²) < 4.78 is 13.7. The summed E-state index contributed by atoms with van der Waals surface area (Å²) in [4.78, 5) is 71.2. The predicted molar refractivity (Wildman–Crippen MR) is 265 cm³/mol. The Morgan fingerprint density at radius 1 is 1.04 bits per heavy atom. The number of aromatic nitrogens is 2. The molecule has 0 unspecified atom stereocenters. The molecule has 7 rings (SSSR count). The van der Waals surface area contributed by atoms with Crippen molar-refractivity contribution < 1.29 is 28.7 Å². The smallest absolute Gasteiger partial charge is 0.324 e. The summed E-state index contributed by atoms with van der Waals surface area (Å²) in [5.74, 6) is -1.87. The van der Waals surface area contributed by atoms with E-state index in [0.29, 0.717) is 38.1 Å². The number of benzene rings is 3. The quantitative estimate of drug-likeness (QED) is 0.0885. The number of hydrogen-bond donors (Lipinski definition) is 2. The molecule has 2 aliphatic heterocycles. The Morgan fingerprint density at radius 3 is 2.60 bits per heavy atom. The lowest BCUT2D eigenvalue weighted by Gasteiger charge is -2.36. The van der Waals surface area contributed by atoms with Crippen LogP contribution in [-0.2, 0) is 61.1 Å². The molecule has 2 aromatic heterocycles. The number of nitrogens with zero attached hydrogens (tertiary/aromatic N) is 6. The van der Waals surface area contributed by atoms with Gasteiger partial charge in [-0.3, -0.25) is 29.2 Å². The van der Waals surface area contributed by atoms with Gasteiger partial charge in [-0.2, -0.15) is 4.99 Å². The van der Waals surface area contributed by atoms with Crippen LogP contribution in [0.5, 0.6) is 0 Å². The summed E-state index contributed by atoms with van der Waals surface area (Å²) in [5.41, 5.74) is 12.8. The van der Waals surface area contributed by atoms with Crippen LogP contribution in [0.2, 0.25) is 0 Å². The Kier molecular flexibility index (Phi) is 16.1. The number of nitrogens with one attached hydrogen (secondary N) is 2. The molecule has 2 aliphatic rings. The maximum absolute atomic E-state index is 14.7. The van der Waals surface area contributed by atoms with E-state index in [2.05, 4.69) is 100 Å². The van der Waals surface area contributed by atoms with Crippen LogP contribution in [0.15, 0.2) is 95.2 Å². The van der Waals surface area contributed by atoms with E-state index in [1.165, 1.54) is 21.0 Å². The van der Waals surface area contributed by atoms with Crippen LogP contribution < -0.4 is 10.7 Å². The standard InChI is InChI=1S/C54H66N8O6/c1-9-37-22-24-55-31-43(37)50-42-30-54(5,6)33-68-53(66)45-19-14-26-62(59-45)52(65)46(28-36-15-13-17-38(27-36)39-20-21-47(41(42)29-39)61(50)10-2)58-51(64)49(35(3)4)60(7)48(63)23-25-56-34-57-44-18-12-11-16-40(44)32-67-8/h11-13,15-18,20-22,24,27,29,31,35,45-46,49,59H,9-10,14,19,23,25-26,28,30,32-33H2,1-8H3,(H,58,64)/t45-,46-,49-/m0/s1. The molecule has 0 aliphatic carbocycles. The Balaban J connectivity index is 1.21. The second-order valence-corrected chi connectivity index (χ2v) is 19.0. The number of aryl methyl sites for hydroxylation is 2. The topological polar surface area (TPSA) is 160 Å². The van der Waals surface area contributed by atoms with Crippen LogP contribution >= 0.6 is 0 Å². The molecule has 1 fully saturated rings. The first kappa shape index (κ1) is 49.4. The molecule has 3 atom stereocenters. The molecule has 14 heteroatoms. The molecular formula is C54H66N8O6. The van der Waals surface area contributed by atoms with Gasteiger partial charge in [0.05, 0.1) is 37.1 Å². The van der Waals surface area contributed by atoms with Crippen molar-refractivity contribution in [2.24, 2.45) is 21.3 Å². The van der Waals surface area contributed by atoms with Gasteiger partial charge in [0, 0.05) is 79.9 Å². The fourth-order valence-electron chi connectivity index (χ4n) is 9.58. The highest BCUT2D eigenvalue weighted by Crippen LogP contribution is 2.41. The van der Waals surface area contributed by atoms with E-state index < -0.39 is 35.4 Å². The molecule has 3 aromatic carbocycles. The van der Waals surface area contributed by atoms with Gasteiger partial charge < -0.3 is 24.3 Å². The number of amides is 3. The number of methoxy groups -OCH3 is 1. The molecular weight excluding hydrogens is 857 g/mol. The highest BCUT2D eigenvalue weighted by molar-refractivity contribution is 5.96. The van der Waals surface area contributed by atoms with Gasteiger partial charge in [0.25, 0.3) is 5.91 Å². The predicted octanol–water partition coefficient (Wildman–Crippen LogP) is 8.13. The number of carbonyl (C=O) groups is 4. The summed E-state index contributed by atoms with van der Waals surface area (Å²) in [6.07, 6.45) is 6.53. The molecule has 0 radical (unpaired) electrons. The minimum Gasteiger partial charge on any atom is -0.464 e. The van der Waals surface area contributed by atoms with Gasteiger partial charge in [0.1, 0.15) is 18.1 Å². The average Bonchev–Trinajstić information content (AvgIpc) is 3.64. The van der Waals surface area contributed by atoms with Crippen LogP contribution in [0.4, 0.5) is 5.69 Å². The lowest BCUT2D eigenvalue weighted by Crippen LogP contribution is -2.62. The molecule has 0 saturated carbocycles. The zero-order valence-corrected chi connectivity index (χ0v) is 40.8. The zero-order valence-electron chi connectivity index (χ0n) is 40.8. The highest BCUT2D eigenvalue weighted by Gasteiger charge is 2.37. The monoisotopic (exact) mass is 923 g/mol. The summed E-state index contributed by atoms with van der Waals surface area (Å²) in [5, 5.41) is 5.62. The van der Waals surface area contributed by atoms with Crippen molar-refractivity contribution in [1.29, 1.82) is 0 Å². The van der Waals surface area contributed by atoms with Gasteiger partial charge in [0.2, 0.25) is 11.8 Å². The van der Waals surface area contributed by atoms with Crippen LogP contribution in [0, 0.1) is 11.3 Å². The van der Waals surface area contributed by atoms with Crippen LogP contribution in [0.1, 0.15) is 83.1 Å². The van der Waals surface area contributed by atoms with E-state index in [9.17, 15) is 19.2 Å². The fourth-order valence-corrected chi connectivity index (χ4v) is 9.58. The third-order valence-electron chi connectivity index (χ3n) is 13.0. The van der Waals surface area contributed by atoms with Crippen molar-refractivity contribution in [1.82, 2.24) is 30.2 Å². The van der Waals surface area contributed by atoms with Gasteiger partial charge in [-0.15, -0.1) is 0 Å². The van der Waals surface area contributed by atoms with E-state index in [1.54, 1.807) is 14.2 Å². The molecule has 358 valence electrons. The molecule has 68 heavy (non-hydrogen) atoms. The van der Waals surface area contributed by atoms with E-state index >= 15 is 0 Å². The van der Waals surface area contributed by atoms with Crippen molar-refractivity contribution in [3.63, 3.8) is 0 Å². The van der Waals surface area contributed by atoms with Crippen LogP contribution in [-0.4, -0.2) is 101 Å². The number of fused-ring (bicyclic) bond motifs is 6. The minimum absolute atomic E-state index is 0.0256. The first-order valence-electron chi connectivity index (χ1n) is 23.9. The minimum atomic E-state index is -1.04. The van der Waals surface area contributed by atoms with E-state index in [4.69, 9.17) is 9.47 Å². The maximum atomic E-state index is 14.7. The molecule has 0 spiro atoms. The first-order valence-corrected chi connectivity index (χ1v) is 23.9. The van der Waals surface area contributed by atoms with E-state index in [-0.39, 0.29) is 43.7 Å². The third-order valence-corrected chi connectivity index (χ3v) is 13.0. The van der Waals surface area contributed by atoms with E-state index in [0.717, 1.165) is 57.4 Å². The summed E-state index contributed by atoms with van der Waals surface area (Å²) in [6.45, 7) is 14.1. The lowest BCUT2D eigenvalue weighted by atomic mass is 9.84. The molecule has 14 nitrogen and oxygen atoms in total. The Morgan fingerprint density at radius 2 is 1.84 bits per heavy atom. The zero-order chi connectivity index (χ0) is 48.5. The summed E-state index contributed by atoms with van der Waals surface area (Å²) in [7, 11) is 3.22. The van der Waals surface area contributed by atoms with Crippen LogP contribution in [0.25, 0.3) is 33.3 Å². The first-order chi connectivity index (χ1) is 32.7. The average molecular weight is 923 g/mol. The summed E-state index contributed by atoms with van der Waals surface area (Å²) >= 11 is 0.